The summed E-state index contributed by atoms with van der Waals surface area (Å²) in [6.07, 6.45) is 2.41. The summed E-state index contributed by atoms with van der Waals surface area (Å²) in [5, 5.41) is 20.2. The first kappa shape index (κ1) is 15.2. The van der Waals surface area contributed by atoms with E-state index in [9.17, 15) is 10.1 Å². The molecule has 1 rings (SSSR count). The van der Waals surface area contributed by atoms with Crippen LogP contribution in [-0.2, 0) is 11.1 Å². The third kappa shape index (κ3) is 3.31. The topological polar surface area (TPSA) is 62.6 Å². The van der Waals surface area contributed by atoms with Crippen molar-refractivity contribution in [3.8, 4) is 0 Å². The van der Waals surface area contributed by atoms with Crippen molar-refractivity contribution >= 4 is 12.6 Å². The van der Waals surface area contributed by atoms with Crippen molar-refractivity contribution in [1.29, 1.82) is 0 Å². The minimum absolute atomic E-state index is 0.650. The van der Waals surface area contributed by atoms with E-state index in [2.05, 4.69) is 4.98 Å². The monoisotopic (exact) mass is 251 g/mol. The van der Waals surface area contributed by atoms with Gasteiger partial charge in [0.05, 0.1) is 11.2 Å². The fourth-order valence-electron chi connectivity index (χ4n) is 1.46. The van der Waals surface area contributed by atoms with Gasteiger partial charge in [-0.2, -0.15) is 0 Å². The number of hydrogen-bond donors (Lipinski definition) is 2. The smallest absolute Gasteiger partial charge is 0.423 e. The van der Waals surface area contributed by atoms with E-state index in [1.165, 1.54) is 0 Å². The van der Waals surface area contributed by atoms with Crippen molar-refractivity contribution in [2.75, 3.05) is 0 Å². The van der Waals surface area contributed by atoms with E-state index in [1.807, 2.05) is 6.92 Å². The highest BCUT2D eigenvalue weighted by Crippen LogP contribution is 2.25. The van der Waals surface area contributed by atoms with Gasteiger partial charge in [-0.3, -0.25) is 4.98 Å². The second-order valence-electron chi connectivity index (χ2n) is 5.43. The standard InChI is InChI=1S/C13H22BNO3/c1-6-11-10(8-7-9-15-11)14(17)18-13(4,5)12(2,3)16/h7-9,16-17H,6H2,1-5H3. The SMILES string of the molecule is CCc1ncccc1B(O)OC(C)(C)C(C)(C)O. The van der Waals surface area contributed by atoms with Gasteiger partial charge >= 0.3 is 7.12 Å². The third-order valence-electron chi connectivity index (χ3n) is 3.41. The third-order valence-corrected chi connectivity index (χ3v) is 3.41. The number of rotatable bonds is 5. The molecule has 0 fully saturated rings. The Balaban J connectivity index is 2.92. The number of aliphatic hydroxyl groups is 1. The van der Waals surface area contributed by atoms with Gasteiger partial charge in [0.2, 0.25) is 0 Å². The summed E-state index contributed by atoms with van der Waals surface area (Å²) in [4.78, 5) is 4.21. The van der Waals surface area contributed by atoms with Crippen molar-refractivity contribution in [3.63, 3.8) is 0 Å². The summed E-state index contributed by atoms with van der Waals surface area (Å²) in [7, 11) is -1.09. The maximum atomic E-state index is 10.2. The average molecular weight is 251 g/mol. The Morgan fingerprint density at radius 2 is 1.94 bits per heavy atom. The molecule has 0 radical (unpaired) electrons. The van der Waals surface area contributed by atoms with Crippen LogP contribution < -0.4 is 5.46 Å². The van der Waals surface area contributed by atoms with Crippen molar-refractivity contribution in [2.24, 2.45) is 0 Å². The lowest BCUT2D eigenvalue weighted by Gasteiger charge is -2.38. The molecule has 0 unspecified atom stereocenters. The molecule has 0 aliphatic rings. The molecule has 100 valence electrons. The lowest BCUT2D eigenvalue weighted by atomic mass is 9.75. The second-order valence-corrected chi connectivity index (χ2v) is 5.43. The molecule has 0 aromatic carbocycles. The highest BCUT2D eigenvalue weighted by Gasteiger charge is 2.39. The van der Waals surface area contributed by atoms with Crippen molar-refractivity contribution in [3.05, 3.63) is 24.0 Å². The molecule has 0 amide bonds. The lowest BCUT2D eigenvalue weighted by Crippen LogP contribution is -2.53. The van der Waals surface area contributed by atoms with E-state index < -0.39 is 18.3 Å². The molecule has 2 N–H and O–H groups in total. The van der Waals surface area contributed by atoms with Crippen LogP contribution in [0.25, 0.3) is 0 Å². The Bertz CT molecular complexity index is 401. The predicted molar refractivity (Wildman–Crippen MR) is 72.7 cm³/mol. The maximum absolute atomic E-state index is 10.2. The zero-order valence-corrected chi connectivity index (χ0v) is 11.8. The highest BCUT2D eigenvalue weighted by atomic mass is 16.5. The molecule has 0 aliphatic carbocycles. The number of pyridine rings is 1. The lowest BCUT2D eigenvalue weighted by molar-refractivity contribution is -0.0982. The summed E-state index contributed by atoms with van der Waals surface area (Å²) >= 11 is 0. The quantitative estimate of drug-likeness (QED) is 0.763. The molecule has 0 saturated heterocycles. The summed E-state index contributed by atoms with van der Waals surface area (Å²) < 4.78 is 5.60. The second kappa shape index (κ2) is 5.39. The Hall–Kier alpha value is -0.905. The zero-order valence-electron chi connectivity index (χ0n) is 11.8. The molecule has 5 heteroatoms. The minimum atomic E-state index is -1.09. The van der Waals surface area contributed by atoms with Crippen molar-refractivity contribution in [1.82, 2.24) is 4.98 Å². The average Bonchev–Trinajstić information content (AvgIpc) is 2.26. The summed E-state index contributed by atoms with van der Waals surface area (Å²) in [5.74, 6) is 0. The van der Waals surface area contributed by atoms with Crippen molar-refractivity contribution in [2.45, 2.75) is 52.2 Å². The fourth-order valence-corrected chi connectivity index (χ4v) is 1.46. The molecule has 1 heterocycles. The molecular formula is C13H22BNO3. The van der Waals surface area contributed by atoms with Gasteiger partial charge < -0.3 is 14.8 Å². The molecule has 1 aromatic rings. The first-order chi connectivity index (χ1) is 8.19. The van der Waals surface area contributed by atoms with Gasteiger partial charge in [0.25, 0.3) is 0 Å². The van der Waals surface area contributed by atoms with E-state index in [1.54, 1.807) is 46.0 Å². The van der Waals surface area contributed by atoms with Gasteiger partial charge in [-0.1, -0.05) is 13.0 Å². The summed E-state index contributed by atoms with van der Waals surface area (Å²) in [5.41, 5.74) is -0.468. The molecule has 0 bridgehead atoms. The Morgan fingerprint density at radius 1 is 1.33 bits per heavy atom. The predicted octanol–water partition coefficient (Wildman–Crippen LogP) is 0.898. The highest BCUT2D eigenvalue weighted by molar-refractivity contribution is 6.60. The van der Waals surface area contributed by atoms with Gasteiger partial charge in [0.15, 0.2) is 0 Å². The zero-order chi connectivity index (χ0) is 14.0. The largest absolute Gasteiger partial charge is 0.493 e. The molecule has 0 atom stereocenters. The van der Waals surface area contributed by atoms with Crippen LogP contribution in [0.3, 0.4) is 0 Å². The van der Waals surface area contributed by atoms with Gasteiger partial charge in [-0.05, 0) is 40.2 Å². The van der Waals surface area contributed by atoms with Gasteiger partial charge in [-0.25, -0.2) is 0 Å². The summed E-state index contributed by atoms with van der Waals surface area (Å²) in [6.45, 7) is 8.78. The Morgan fingerprint density at radius 3 is 2.44 bits per heavy atom. The van der Waals surface area contributed by atoms with Gasteiger partial charge in [0.1, 0.15) is 0 Å². The summed E-state index contributed by atoms with van der Waals surface area (Å²) in [6, 6.07) is 3.55. The van der Waals surface area contributed by atoms with Gasteiger partial charge in [-0.15, -0.1) is 0 Å². The van der Waals surface area contributed by atoms with Crippen LogP contribution >= 0.6 is 0 Å². The first-order valence-electron chi connectivity index (χ1n) is 6.21. The minimum Gasteiger partial charge on any atom is -0.423 e. The number of hydrogen-bond acceptors (Lipinski definition) is 4. The molecule has 0 saturated carbocycles. The van der Waals surface area contributed by atoms with Crippen molar-refractivity contribution < 1.29 is 14.8 Å². The van der Waals surface area contributed by atoms with Crippen LogP contribution in [0.5, 0.6) is 0 Å². The van der Waals surface area contributed by atoms with Crippen LogP contribution in [0, 0.1) is 0 Å². The molecule has 0 aliphatic heterocycles. The van der Waals surface area contributed by atoms with Crippen LogP contribution in [0.2, 0.25) is 0 Å². The number of nitrogens with zero attached hydrogens (tertiary/aromatic N) is 1. The molecule has 0 spiro atoms. The van der Waals surface area contributed by atoms with E-state index in [0.717, 1.165) is 12.1 Å². The van der Waals surface area contributed by atoms with Crippen LogP contribution in [0.1, 0.15) is 40.3 Å². The maximum Gasteiger partial charge on any atom is 0.493 e. The van der Waals surface area contributed by atoms with Crippen LogP contribution in [0.15, 0.2) is 18.3 Å². The molecule has 4 nitrogen and oxygen atoms in total. The normalized spacial score (nSPS) is 12.6. The molecular weight excluding hydrogens is 229 g/mol. The van der Waals surface area contributed by atoms with Crippen LogP contribution in [0.4, 0.5) is 0 Å². The number of aromatic nitrogens is 1. The van der Waals surface area contributed by atoms with E-state index in [0.29, 0.717) is 5.46 Å². The Labute approximate surface area is 109 Å². The first-order valence-corrected chi connectivity index (χ1v) is 6.21. The fraction of sp³-hybridized carbons (Fsp3) is 0.615. The van der Waals surface area contributed by atoms with Gasteiger partial charge in [0, 0.05) is 17.4 Å². The Kier molecular flexibility index (Phi) is 4.53. The van der Waals surface area contributed by atoms with E-state index in [4.69, 9.17) is 4.65 Å². The molecule has 1 aromatic heterocycles. The van der Waals surface area contributed by atoms with Crippen LogP contribution in [-0.4, -0.2) is 33.4 Å². The van der Waals surface area contributed by atoms with E-state index in [-0.39, 0.29) is 0 Å². The molecule has 18 heavy (non-hydrogen) atoms. The number of aryl methyl sites for hydroxylation is 1. The van der Waals surface area contributed by atoms with E-state index >= 15 is 0 Å².